The van der Waals surface area contributed by atoms with E-state index in [0.717, 1.165) is 12.2 Å². The molecule has 0 radical (unpaired) electrons. The first kappa shape index (κ1) is 15.5. The molecule has 20 heavy (non-hydrogen) atoms. The van der Waals surface area contributed by atoms with Gasteiger partial charge < -0.3 is 19.6 Å². The minimum Gasteiger partial charge on any atom is -0.468 e. The lowest BCUT2D eigenvalue weighted by atomic mass is 9.88. The molecule has 0 amide bonds. The van der Waals surface area contributed by atoms with Crippen LogP contribution < -0.4 is 5.32 Å². The maximum atomic E-state index is 9.99. The average Bonchev–Trinajstić information content (AvgIpc) is 2.98. The zero-order valence-corrected chi connectivity index (χ0v) is 12.5. The molecule has 1 saturated carbocycles. The predicted molar refractivity (Wildman–Crippen MR) is 78.5 cm³/mol. The SMILES string of the molecule is CC1CCCCC1OCC(O)CN[C@@H](C)c1ccco1. The van der Waals surface area contributed by atoms with Gasteiger partial charge in [0, 0.05) is 6.54 Å². The molecule has 4 heteroatoms. The van der Waals surface area contributed by atoms with Crippen molar-refractivity contribution in [3.8, 4) is 0 Å². The van der Waals surface area contributed by atoms with Crippen molar-refractivity contribution in [1.29, 1.82) is 0 Å². The Kier molecular flexibility index (Phi) is 6.07. The summed E-state index contributed by atoms with van der Waals surface area (Å²) in [5.74, 6) is 1.50. The zero-order chi connectivity index (χ0) is 14.4. The molecule has 0 bridgehead atoms. The Morgan fingerprint density at radius 2 is 2.25 bits per heavy atom. The van der Waals surface area contributed by atoms with Crippen molar-refractivity contribution in [3.63, 3.8) is 0 Å². The highest BCUT2D eigenvalue weighted by Gasteiger charge is 2.22. The predicted octanol–water partition coefficient (Wildman–Crippen LogP) is 2.89. The fourth-order valence-electron chi connectivity index (χ4n) is 2.77. The smallest absolute Gasteiger partial charge is 0.120 e. The van der Waals surface area contributed by atoms with Crippen LogP contribution in [0.4, 0.5) is 0 Å². The van der Waals surface area contributed by atoms with Crippen LogP contribution in [0.5, 0.6) is 0 Å². The number of ether oxygens (including phenoxy) is 1. The van der Waals surface area contributed by atoms with E-state index < -0.39 is 6.10 Å². The maximum absolute atomic E-state index is 9.99. The summed E-state index contributed by atoms with van der Waals surface area (Å²) in [6, 6.07) is 3.91. The third-order valence-electron chi connectivity index (χ3n) is 4.17. The van der Waals surface area contributed by atoms with Gasteiger partial charge in [0.1, 0.15) is 5.76 Å². The van der Waals surface area contributed by atoms with Gasteiger partial charge >= 0.3 is 0 Å². The van der Waals surface area contributed by atoms with Crippen LogP contribution in [-0.2, 0) is 4.74 Å². The molecule has 0 aliphatic heterocycles. The second kappa shape index (κ2) is 7.81. The molecular weight excluding hydrogens is 254 g/mol. The van der Waals surface area contributed by atoms with Gasteiger partial charge in [-0.05, 0) is 37.8 Å². The molecule has 2 N–H and O–H groups in total. The molecule has 1 aromatic heterocycles. The highest BCUT2D eigenvalue weighted by Crippen LogP contribution is 2.26. The molecule has 3 unspecified atom stereocenters. The number of hydrogen-bond acceptors (Lipinski definition) is 4. The van der Waals surface area contributed by atoms with Gasteiger partial charge in [0.15, 0.2) is 0 Å². The normalized spacial score (nSPS) is 26.4. The van der Waals surface area contributed by atoms with E-state index in [1.54, 1.807) is 6.26 Å². The van der Waals surface area contributed by atoms with Gasteiger partial charge in [0.05, 0.1) is 31.1 Å². The molecule has 2 rings (SSSR count). The first-order valence-electron chi connectivity index (χ1n) is 7.73. The summed E-state index contributed by atoms with van der Waals surface area (Å²) in [4.78, 5) is 0. The fourth-order valence-corrected chi connectivity index (χ4v) is 2.77. The van der Waals surface area contributed by atoms with Crippen molar-refractivity contribution in [2.24, 2.45) is 5.92 Å². The molecule has 1 aliphatic rings. The van der Waals surface area contributed by atoms with E-state index in [9.17, 15) is 5.11 Å². The topological polar surface area (TPSA) is 54.6 Å². The van der Waals surface area contributed by atoms with Crippen molar-refractivity contribution in [2.45, 2.75) is 57.8 Å². The summed E-state index contributed by atoms with van der Waals surface area (Å²) < 4.78 is 11.2. The van der Waals surface area contributed by atoms with Crippen molar-refractivity contribution in [3.05, 3.63) is 24.2 Å². The highest BCUT2D eigenvalue weighted by atomic mass is 16.5. The summed E-state index contributed by atoms with van der Waals surface area (Å²) in [6.45, 7) is 5.19. The van der Waals surface area contributed by atoms with E-state index in [4.69, 9.17) is 9.15 Å². The largest absolute Gasteiger partial charge is 0.468 e. The highest BCUT2D eigenvalue weighted by molar-refractivity contribution is 5.02. The van der Waals surface area contributed by atoms with Crippen molar-refractivity contribution < 1.29 is 14.3 Å². The molecule has 1 aliphatic carbocycles. The van der Waals surface area contributed by atoms with Gasteiger partial charge in [-0.15, -0.1) is 0 Å². The number of nitrogens with one attached hydrogen (secondary N) is 1. The summed E-state index contributed by atoms with van der Waals surface area (Å²) >= 11 is 0. The van der Waals surface area contributed by atoms with E-state index in [0.29, 0.717) is 25.2 Å². The number of hydrogen-bond donors (Lipinski definition) is 2. The second-order valence-electron chi connectivity index (χ2n) is 5.93. The second-order valence-corrected chi connectivity index (χ2v) is 5.93. The van der Waals surface area contributed by atoms with Crippen LogP contribution in [0.3, 0.4) is 0 Å². The average molecular weight is 281 g/mol. The molecule has 1 fully saturated rings. The minimum absolute atomic E-state index is 0.105. The molecule has 0 aromatic carbocycles. The third-order valence-corrected chi connectivity index (χ3v) is 4.17. The summed E-state index contributed by atoms with van der Waals surface area (Å²) in [7, 11) is 0. The molecule has 114 valence electrons. The number of aliphatic hydroxyl groups excluding tert-OH is 1. The molecular formula is C16H27NO3. The molecule has 4 nitrogen and oxygen atoms in total. The van der Waals surface area contributed by atoms with E-state index >= 15 is 0 Å². The van der Waals surface area contributed by atoms with Gasteiger partial charge in [0.2, 0.25) is 0 Å². The van der Waals surface area contributed by atoms with E-state index in [1.165, 1.54) is 19.3 Å². The standard InChI is InChI=1S/C16H27NO3/c1-12-6-3-4-7-15(12)20-11-14(18)10-17-13(2)16-8-5-9-19-16/h5,8-9,12-15,17-18H,3-4,6-7,10-11H2,1-2H3/t12?,13-,14?,15?/m0/s1. The summed E-state index contributed by atoms with van der Waals surface area (Å²) in [6.07, 6.45) is 6.45. The van der Waals surface area contributed by atoms with Gasteiger partial charge in [-0.25, -0.2) is 0 Å². The Bertz CT molecular complexity index is 366. The number of rotatable bonds is 7. The maximum Gasteiger partial charge on any atom is 0.120 e. The monoisotopic (exact) mass is 281 g/mol. The van der Waals surface area contributed by atoms with Crippen LogP contribution in [0.1, 0.15) is 51.3 Å². The van der Waals surface area contributed by atoms with Crippen molar-refractivity contribution in [2.75, 3.05) is 13.2 Å². The fraction of sp³-hybridized carbons (Fsp3) is 0.750. The Morgan fingerprint density at radius 1 is 1.45 bits per heavy atom. The van der Waals surface area contributed by atoms with Crippen LogP contribution in [0, 0.1) is 5.92 Å². The van der Waals surface area contributed by atoms with Gasteiger partial charge in [0.25, 0.3) is 0 Å². The van der Waals surface area contributed by atoms with E-state index in [-0.39, 0.29) is 6.04 Å². The van der Waals surface area contributed by atoms with Crippen LogP contribution in [-0.4, -0.2) is 30.5 Å². The summed E-state index contributed by atoms with van der Waals surface area (Å²) in [5.41, 5.74) is 0. The minimum atomic E-state index is -0.471. The van der Waals surface area contributed by atoms with Gasteiger partial charge in [-0.1, -0.05) is 19.8 Å². The molecule has 0 spiro atoms. The Labute approximate surface area is 121 Å². The van der Waals surface area contributed by atoms with Crippen LogP contribution in [0.2, 0.25) is 0 Å². The first-order chi connectivity index (χ1) is 9.66. The lowest BCUT2D eigenvalue weighted by molar-refractivity contribution is -0.0456. The summed E-state index contributed by atoms with van der Waals surface area (Å²) in [5, 5.41) is 13.3. The number of aliphatic hydroxyl groups is 1. The molecule has 4 atom stereocenters. The van der Waals surface area contributed by atoms with Crippen LogP contribution in [0.25, 0.3) is 0 Å². The lowest BCUT2D eigenvalue weighted by Gasteiger charge is -2.29. The zero-order valence-electron chi connectivity index (χ0n) is 12.5. The molecule has 0 saturated heterocycles. The van der Waals surface area contributed by atoms with Crippen LogP contribution >= 0.6 is 0 Å². The Hall–Kier alpha value is -0.840. The third kappa shape index (κ3) is 4.62. The van der Waals surface area contributed by atoms with Gasteiger partial charge in [-0.2, -0.15) is 0 Å². The van der Waals surface area contributed by atoms with Crippen molar-refractivity contribution >= 4 is 0 Å². The number of furan rings is 1. The van der Waals surface area contributed by atoms with Crippen molar-refractivity contribution in [1.82, 2.24) is 5.32 Å². The van der Waals surface area contributed by atoms with Gasteiger partial charge in [-0.3, -0.25) is 0 Å². The Balaban J connectivity index is 1.63. The van der Waals surface area contributed by atoms with Crippen LogP contribution in [0.15, 0.2) is 22.8 Å². The lowest BCUT2D eigenvalue weighted by Crippen LogP contribution is -2.35. The first-order valence-corrected chi connectivity index (χ1v) is 7.73. The quantitative estimate of drug-likeness (QED) is 0.807. The Morgan fingerprint density at radius 3 is 2.95 bits per heavy atom. The van der Waals surface area contributed by atoms with E-state index in [1.807, 2.05) is 19.1 Å². The molecule has 1 heterocycles. The van der Waals surface area contributed by atoms with E-state index in [2.05, 4.69) is 12.2 Å². The molecule has 1 aromatic rings.